The van der Waals surface area contributed by atoms with E-state index in [9.17, 15) is 8.78 Å². The first-order chi connectivity index (χ1) is 8.60. The molecule has 0 amide bonds. The van der Waals surface area contributed by atoms with E-state index >= 15 is 0 Å². The van der Waals surface area contributed by atoms with Crippen molar-refractivity contribution in [3.05, 3.63) is 52.3 Å². The van der Waals surface area contributed by atoms with Crippen molar-refractivity contribution in [2.24, 2.45) is 0 Å². The van der Waals surface area contributed by atoms with E-state index in [-0.39, 0.29) is 15.9 Å². The zero-order valence-electron chi connectivity index (χ0n) is 8.92. The number of pyridine rings is 1. The first-order valence-corrected chi connectivity index (χ1v) is 5.67. The first-order valence-electron chi connectivity index (χ1n) is 4.88. The van der Waals surface area contributed by atoms with Crippen molar-refractivity contribution in [3.8, 4) is 6.07 Å². The van der Waals surface area contributed by atoms with Gasteiger partial charge in [0.05, 0.1) is 22.0 Å². The van der Waals surface area contributed by atoms with Gasteiger partial charge in [-0.05, 0) is 34.1 Å². The highest BCUT2D eigenvalue weighted by Gasteiger charge is 2.08. The molecule has 2 aromatic rings. The van der Waals surface area contributed by atoms with Crippen molar-refractivity contribution in [2.45, 2.75) is 0 Å². The monoisotopic (exact) mass is 309 g/mol. The van der Waals surface area contributed by atoms with Crippen molar-refractivity contribution >= 4 is 27.3 Å². The van der Waals surface area contributed by atoms with Crippen molar-refractivity contribution in [1.82, 2.24) is 4.98 Å². The first kappa shape index (κ1) is 12.5. The quantitative estimate of drug-likeness (QED) is 0.860. The second-order valence-corrected chi connectivity index (χ2v) is 4.27. The molecule has 18 heavy (non-hydrogen) atoms. The Hall–Kier alpha value is -2.00. The smallest absolute Gasteiger partial charge is 0.149 e. The van der Waals surface area contributed by atoms with Gasteiger partial charge in [0.1, 0.15) is 23.4 Å². The maximum atomic E-state index is 13.5. The van der Waals surface area contributed by atoms with Gasteiger partial charge in [0.2, 0.25) is 0 Å². The fourth-order valence-electron chi connectivity index (χ4n) is 1.31. The van der Waals surface area contributed by atoms with Gasteiger partial charge in [-0.25, -0.2) is 13.8 Å². The zero-order valence-corrected chi connectivity index (χ0v) is 10.5. The van der Waals surface area contributed by atoms with Crippen LogP contribution >= 0.6 is 15.9 Å². The number of nitrogens with one attached hydrogen (secondary N) is 1. The Bertz CT molecular complexity index is 620. The van der Waals surface area contributed by atoms with E-state index in [1.165, 1.54) is 18.3 Å². The van der Waals surface area contributed by atoms with Gasteiger partial charge < -0.3 is 5.32 Å². The number of nitriles is 1. The Morgan fingerprint density at radius 3 is 2.61 bits per heavy atom. The van der Waals surface area contributed by atoms with E-state index in [1.807, 2.05) is 6.07 Å². The van der Waals surface area contributed by atoms with E-state index in [4.69, 9.17) is 5.26 Å². The van der Waals surface area contributed by atoms with E-state index in [0.717, 1.165) is 6.07 Å². The lowest BCUT2D eigenvalue weighted by atomic mass is 10.2. The maximum absolute atomic E-state index is 13.5. The van der Waals surface area contributed by atoms with Crippen molar-refractivity contribution in [2.75, 3.05) is 5.32 Å². The lowest BCUT2D eigenvalue weighted by Crippen LogP contribution is -1.96. The summed E-state index contributed by atoms with van der Waals surface area (Å²) in [6.45, 7) is 0. The van der Waals surface area contributed by atoms with Crippen LogP contribution in [0.15, 0.2) is 34.9 Å². The molecule has 1 N–H and O–H groups in total. The van der Waals surface area contributed by atoms with Crippen LogP contribution in [0, 0.1) is 23.0 Å². The number of aromatic nitrogens is 1. The van der Waals surface area contributed by atoms with Crippen LogP contribution in [0.2, 0.25) is 0 Å². The highest BCUT2D eigenvalue weighted by atomic mass is 79.9. The minimum absolute atomic E-state index is 0.120. The topological polar surface area (TPSA) is 48.7 Å². The molecule has 1 aromatic heterocycles. The minimum Gasteiger partial charge on any atom is -0.352 e. The summed E-state index contributed by atoms with van der Waals surface area (Å²) in [7, 11) is 0. The number of benzene rings is 1. The lowest BCUT2D eigenvalue weighted by molar-refractivity contribution is 0.581. The molecular formula is C12H6BrF2N3. The Kier molecular flexibility index (Phi) is 3.53. The van der Waals surface area contributed by atoms with Gasteiger partial charge in [-0.1, -0.05) is 0 Å². The fourth-order valence-corrected chi connectivity index (χ4v) is 1.65. The summed E-state index contributed by atoms with van der Waals surface area (Å²) < 4.78 is 26.7. The number of halogens is 3. The standard InChI is InChI=1S/C12H6BrF2N3/c13-9-3-12(11(15)4-10(9)14)18-8-2-1-7(5-16)17-6-8/h1-4,6,18H. The molecule has 0 spiro atoms. The lowest BCUT2D eigenvalue weighted by Gasteiger charge is -2.08. The van der Waals surface area contributed by atoms with Crippen LogP contribution in [-0.2, 0) is 0 Å². The van der Waals surface area contributed by atoms with Crippen LogP contribution in [0.4, 0.5) is 20.2 Å². The number of hydrogen-bond donors (Lipinski definition) is 1. The highest BCUT2D eigenvalue weighted by Crippen LogP contribution is 2.26. The molecule has 0 aliphatic carbocycles. The average Bonchev–Trinajstić information content (AvgIpc) is 2.37. The van der Waals surface area contributed by atoms with Crippen LogP contribution in [0.3, 0.4) is 0 Å². The Labute approximate surface area is 110 Å². The number of hydrogen-bond acceptors (Lipinski definition) is 3. The van der Waals surface area contributed by atoms with Crippen molar-refractivity contribution in [3.63, 3.8) is 0 Å². The third kappa shape index (κ3) is 2.63. The molecule has 0 atom stereocenters. The summed E-state index contributed by atoms with van der Waals surface area (Å²) in [6.07, 6.45) is 1.40. The van der Waals surface area contributed by atoms with E-state index in [2.05, 4.69) is 26.2 Å². The fraction of sp³-hybridized carbons (Fsp3) is 0. The van der Waals surface area contributed by atoms with Gasteiger partial charge in [0, 0.05) is 6.07 Å². The zero-order chi connectivity index (χ0) is 13.1. The molecule has 0 saturated carbocycles. The van der Waals surface area contributed by atoms with Crippen LogP contribution in [0.1, 0.15) is 5.69 Å². The molecule has 0 fully saturated rings. The molecule has 0 radical (unpaired) electrons. The second kappa shape index (κ2) is 5.10. The summed E-state index contributed by atoms with van der Waals surface area (Å²) in [5, 5.41) is 11.3. The number of anilines is 2. The molecule has 0 saturated heterocycles. The van der Waals surface area contributed by atoms with Gasteiger partial charge in [0.15, 0.2) is 0 Å². The summed E-state index contributed by atoms with van der Waals surface area (Å²) >= 11 is 2.98. The molecule has 1 aromatic carbocycles. The Morgan fingerprint density at radius 2 is 2.00 bits per heavy atom. The van der Waals surface area contributed by atoms with Crippen LogP contribution in [0.25, 0.3) is 0 Å². The molecular weight excluding hydrogens is 304 g/mol. The summed E-state index contributed by atoms with van der Waals surface area (Å²) in [4.78, 5) is 3.83. The van der Waals surface area contributed by atoms with Gasteiger partial charge in [-0.15, -0.1) is 0 Å². The highest BCUT2D eigenvalue weighted by molar-refractivity contribution is 9.10. The average molecular weight is 310 g/mol. The third-order valence-electron chi connectivity index (χ3n) is 2.17. The van der Waals surface area contributed by atoms with E-state index < -0.39 is 11.6 Å². The molecule has 0 unspecified atom stereocenters. The van der Waals surface area contributed by atoms with E-state index in [0.29, 0.717) is 5.69 Å². The molecule has 3 nitrogen and oxygen atoms in total. The van der Waals surface area contributed by atoms with Gasteiger partial charge in [-0.2, -0.15) is 5.26 Å². The summed E-state index contributed by atoms with van der Waals surface area (Å²) in [6, 6.07) is 7.04. The predicted octanol–water partition coefficient (Wildman–Crippen LogP) is 3.74. The van der Waals surface area contributed by atoms with Crippen molar-refractivity contribution < 1.29 is 8.78 Å². The minimum atomic E-state index is -0.708. The van der Waals surface area contributed by atoms with Crippen LogP contribution < -0.4 is 5.32 Å². The van der Waals surface area contributed by atoms with Crippen molar-refractivity contribution in [1.29, 1.82) is 5.26 Å². The largest absolute Gasteiger partial charge is 0.352 e. The van der Waals surface area contributed by atoms with E-state index in [1.54, 1.807) is 6.07 Å². The third-order valence-corrected chi connectivity index (χ3v) is 2.77. The Balaban J connectivity index is 2.28. The molecule has 6 heteroatoms. The number of nitrogens with zero attached hydrogens (tertiary/aromatic N) is 2. The Morgan fingerprint density at radius 1 is 1.22 bits per heavy atom. The SMILES string of the molecule is N#Cc1ccc(Nc2cc(Br)c(F)cc2F)cn1. The normalized spacial score (nSPS) is 9.89. The molecule has 2 rings (SSSR count). The van der Waals surface area contributed by atoms with Crippen LogP contribution in [-0.4, -0.2) is 4.98 Å². The molecule has 0 aliphatic heterocycles. The van der Waals surface area contributed by atoms with Crippen LogP contribution in [0.5, 0.6) is 0 Å². The van der Waals surface area contributed by atoms with Gasteiger partial charge >= 0.3 is 0 Å². The molecule has 1 heterocycles. The summed E-state index contributed by atoms with van der Waals surface area (Å²) in [5.74, 6) is -1.38. The predicted molar refractivity (Wildman–Crippen MR) is 66.3 cm³/mol. The molecule has 0 aliphatic rings. The summed E-state index contributed by atoms with van der Waals surface area (Å²) in [5.41, 5.74) is 0.891. The second-order valence-electron chi connectivity index (χ2n) is 3.42. The molecule has 90 valence electrons. The van der Waals surface area contributed by atoms with Gasteiger partial charge in [0.25, 0.3) is 0 Å². The molecule has 0 bridgehead atoms. The van der Waals surface area contributed by atoms with Gasteiger partial charge in [-0.3, -0.25) is 0 Å². The maximum Gasteiger partial charge on any atom is 0.149 e. The number of rotatable bonds is 2.